The topological polar surface area (TPSA) is 114 Å². The van der Waals surface area contributed by atoms with Crippen LogP contribution in [0.4, 0.5) is 22.4 Å². The molecule has 13 heteroatoms. The molecule has 1 aliphatic carbocycles. The third-order valence-corrected chi connectivity index (χ3v) is 5.37. The van der Waals surface area contributed by atoms with Crippen molar-refractivity contribution in [3.63, 3.8) is 0 Å². The minimum atomic E-state index is -4.53. The van der Waals surface area contributed by atoms with Crippen molar-refractivity contribution >= 4 is 17.6 Å². The average Bonchev–Trinajstić information content (AvgIpc) is 3.43. The maximum atomic E-state index is 14.2. The summed E-state index contributed by atoms with van der Waals surface area (Å²) in [5, 5.41) is 8.79. The van der Waals surface area contributed by atoms with Crippen LogP contribution in [0.25, 0.3) is 5.65 Å². The molecule has 160 valence electrons. The first-order valence-corrected chi connectivity index (χ1v) is 9.24. The molecule has 1 unspecified atom stereocenters. The molecule has 0 radical (unpaired) electrons. The van der Waals surface area contributed by atoms with Crippen molar-refractivity contribution in [2.24, 2.45) is 0 Å². The van der Waals surface area contributed by atoms with Crippen LogP contribution in [0.1, 0.15) is 46.8 Å². The van der Waals surface area contributed by atoms with E-state index in [1.807, 2.05) is 0 Å². The van der Waals surface area contributed by atoms with Crippen molar-refractivity contribution < 1.29 is 27.2 Å². The van der Waals surface area contributed by atoms with Gasteiger partial charge in [0.2, 0.25) is 11.9 Å². The number of aromatic nitrogens is 5. The Morgan fingerprint density at radius 1 is 1.06 bits per heavy atom. The van der Waals surface area contributed by atoms with Crippen molar-refractivity contribution in [1.82, 2.24) is 35.2 Å². The van der Waals surface area contributed by atoms with Gasteiger partial charge in [-0.2, -0.15) is 27.2 Å². The van der Waals surface area contributed by atoms with Crippen molar-refractivity contribution in [3.8, 4) is 0 Å². The molecule has 1 aliphatic heterocycles. The summed E-state index contributed by atoms with van der Waals surface area (Å²) in [6.45, 7) is -0.00492. The number of fused-ring (bicyclic) bond motifs is 1. The van der Waals surface area contributed by atoms with Gasteiger partial charge in [0.1, 0.15) is 5.82 Å². The second-order valence-corrected chi connectivity index (χ2v) is 7.37. The summed E-state index contributed by atoms with van der Waals surface area (Å²) in [5.74, 6) is -2.40. The van der Waals surface area contributed by atoms with Crippen molar-refractivity contribution in [2.45, 2.75) is 30.4 Å². The van der Waals surface area contributed by atoms with E-state index in [1.165, 1.54) is 0 Å². The number of halogens is 4. The Bertz CT molecular complexity index is 1210. The van der Waals surface area contributed by atoms with Gasteiger partial charge in [-0.1, -0.05) is 0 Å². The van der Waals surface area contributed by atoms with Crippen LogP contribution in [0, 0.1) is 5.95 Å². The van der Waals surface area contributed by atoms with E-state index >= 15 is 0 Å². The van der Waals surface area contributed by atoms with E-state index < -0.39 is 35.5 Å². The first-order valence-electron chi connectivity index (χ1n) is 9.24. The zero-order valence-corrected chi connectivity index (χ0v) is 15.5. The number of nitrogens with zero attached hydrogens (tertiary/aromatic N) is 5. The lowest BCUT2D eigenvalue weighted by molar-refractivity contribution is -0.138. The standard InChI is InChI=1S/C18H13F4N7O2/c19-13-6-25-15-10(2-12(28-29(13)15)11-5-26-17(31)27-16(11)30)8-1-9(8)14-23-3-7(4-24-14)18(20,21)22/h2-4,6,8-9,11H,1,5H2,(H2,26,27,30,31)/t8-,9-,11?/m0/s1. The highest BCUT2D eigenvalue weighted by molar-refractivity contribution is 6.00. The second-order valence-electron chi connectivity index (χ2n) is 7.37. The highest BCUT2D eigenvalue weighted by Crippen LogP contribution is 2.54. The van der Waals surface area contributed by atoms with Gasteiger partial charge < -0.3 is 5.32 Å². The van der Waals surface area contributed by atoms with Gasteiger partial charge in [0.15, 0.2) is 5.65 Å². The summed E-state index contributed by atoms with van der Waals surface area (Å²) in [6, 6.07) is 0.983. The molecule has 3 atom stereocenters. The van der Waals surface area contributed by atoms with E-state index in [9.17, 15) is 27.2 Å². The van der Waals surface area contributed by atoms with Crippen molar-refractivity contribution in [3.05, 3.63) is 53.2 Å². The number of carbonyl (C=O) groups is 2. The highest BCUT2D eigenvalue weighted by Gasteiger charge is 2.44. The molecule has 0 spiro atoms. The van der Waals surface area contributed by atoms with Crippen LogP contribution in [-0.4, -0.2) is 43.0 Å². The first-order chi connectivity index (χ1) is 14.7. The van der Waals surface area contributed by atoms with Gasteiger partial charge in [-0.25, -0.2) is 19.7 Å². The summed E-state index contributed by atoms with van der Waals surface area (Å²) >= 11 is 0. The van der Waals surface area contributed by atoms with Crippen LogP contribution in [0.2, 0.25) is 0 Å². The van der Waals surface area contributed by atoms with Crippen LogP contribution in [-0.2, 0) is 11.0 Å². The minimum absolute atomic E-state index is 0.00492. The number of urea groups is 1. The molecule has 1 saturated carbocycles. The van der Waals surface area contributed by atoms with Crippen molar-refractivity contribution in [2.75, 3.05) is 6.54 Å². The quantitative estimate of drug-likeness (QED) is 0.608. The molecular formula is C18H13F4N7O2. The molecule has 2 fully saturated rings. The molecule has 31 heavy (non-hydrogen) atoms. The Kier molecular flexibility index (Phi) is 4.17. The maximum Gasteiger partial charge on any atom is 0.419 e. The summed E-state index contributed by atoms with van der Waals surface area (Å²) in [4.78, 5) is 35.3. The third kappa shape index (κ3) is 3.35. The second kappa shape index (κ2) is 6.68. The Morgan fingerprint density at radius 2 is 1.81 bits per heavy atom. The zero-order chi connectivity index (χ0) is 21.9. The summed E-state index contributed by atoms with van der Waals surface area (Å²) in [5.41, 5.74) is 0.103. The zero-order valence-electron chi connectivity index (χ0n) is 15.5. The lowest BCUT2D eigenvalue weighted by atomic mass is 10.00. The first kappa shape index (κ1) is 19.3. The average molecular weight is 435 g/mol. The molecule has 0 bridgehead atoms. The third-order valence-electron chi connectivity index (χ3n) is 5.37. The molecule has 2 aliphatic rings. The number of imidazole rings is 1. The van der Waals surface area contributed by atoms with Crippen LogP contribution >= 0.6 is 0 Å². The van der Waals surface area contributed by atoms with Gasteiger partial charge in [0.25, 0.3) is 0 Å². The fourth-order valence-electron chi connectivity index (χ4n) is 3.70. The Morgan fingerprint density at radius 3 is 2.48 bits per heavy atom. The maximum absolute atomic E-state index is 14.2. The summed E-state index contributed by atoms with van der Waals surface area (Å²) in [6.07, 6.45) is -1.56. The van der Waals surface area contributed by atoms with Gasteiger partial charge >= 0.3 is 12.2 Å². The van der Waals surface area contributed by atoms with Crippen molar-refractivity contribution in [1.29, 1.82) is 0 Å². The molecule has 2 N–H and O–H groups in total. The van der Waals surface area contributed by atoms with Crippen LogP contribution < -0.4 is 10.6 Å². The highest BCUT2D eigenvalue weighted by atomic mass is 19.4. The number of imide groups is 1. The lowest BCUT2D eigenvalue weighted by Gasteiger charge is -2.22. The molecule has 3 aromatic rings. The number of nitrogens with one attached hydrogen (secondary N) is 2. The van der Waals surface area contributed by atoms with E-state index in [0.29, 0.717) is 12.0 Å². The van der Waals surface area contributed by atoms with Gasteiger partial charge in [0.05, 0.1) is 23.4 Å². The Labute approximate surface area is 170 Å². The number of carbonyl (C=O) groups excluding carboxylic acids is 2. The van der Waals surface area contributed by atoms with Crippen LogP contribution in [0.3, 0.4) is 0 Å². The van der Waals surface area contributed by atoms with E-state index in [1.54, 1.807) is 6.07 Å². The molecule has 0 aromatic carbocycles. The normalized spacial score (nSPS) is 23.5. The number of hydrogen-bond acceptors (Lipinski definition) is 6. The van der Waals surface area contributed by atoms with Gasteiger partial charge in [-0.3, -0.25) is 10.1 Å². The van der Waals surface area contributed by atoms with Crippen LogP contribution in [0.15, 0.2) is 24.7 Å². The SMILES string of the molecule is O=C1NCC(c2cc([C@H]3C[C@@H]3c3ncc(C(F)(F)F)cn3)c3ncc(F)n3n2)C(=O)N1. The number of rotatable bonds is 3. The molecule has 1 saturated heterocycles. The molecule has 3 amide bonds. The largest absolute Gasteiger partial charge is 0.419 e. The molecule has 4 heterocycles. The summed E-state index contributed by atoms with van der Waals surface area (Å²) < 4.78 is 53.4. The predicted molar refractivity (Wildman–Crippen MR) is 94.4 cm³/mol. The number of hydrogen-bond donors (Lipinski definition) is 2. The molecular weight excluding hydrogens is 422 g/mol. The molecule has 5 rings (SSSR count). The number of amides is 3. The minimum Gasteiger partial charge on any atom is -0.337 e. The Balaban J connectivity index is 1.49. The Hall–Kier alpha value is -3.64. The van der Waals surface area contributed by atoms with Gasteiger partial charge in [0, 0.05) is 30.4 Å². The fourth-order valence-corrected chi connectivity index (χ4v) is 3.70. The molecule has 9 nitrogen and oxygen atoms in total. The smallest absolute Gasteiger partial charge is 0.337 e. The monoisotopic (exact) mass is 435 g/mol. The van der Waals surface area contributed by atoms with E-state index in [-0.39, 0.29) is 35.5 Å². The van der Waals surface area contributed by atoms with Gasteiger partial charge in [-0.05, 0) is 18.4 Å². The van der Waals surface area contributed by atoms with E-state index in [2.05, 4.69) is 30.7 Å². The number of alkyl halides is 3. The summed E-state index contributed by atoms with van der Waals surface area (Å²) in [7, 11) is 0. The van der Waals surface area contributed by atoms with E-state index in [0.717, 1.165) is 23.1 Å². The molecule has 3 aromatic heterocycles. The van der Waals surface area contributed by atoms with Crippen LogP contribution in [0.5, 0.6) is 0 Å². The van der Waals surface area contributed by atoms with E-state index in [4.69, 9.17) is 0 Å². The lowest BCUT2D eigenvalue weighted by Crippen LogP contribution is -2.51. The fraction of sp³-hybridized carbons (Fsp3) is 0.333. The predicted octanol–water partition coefficient (Wildman–Crippen LogP) is 1.87. The van der Waals surface area contributed by atoms with Gasteiger partial charge in [-0.15, -0.1) is 0 Å².